The minimum atomic E-state index is -0.255. The molecule has 0 aliphatic heterocycles. The average molecular weight is 293 g/mol. The summed E-state index contributed by atoms with van der Waals surface area (Å²) in [4.78, 5) is 13.9. The van der Waals surface area contributed by atoms with Crippen LogP contribution in [0.5, 0.6) is 0 Å². The highest BCUT2D eigenvalue weighted by Crippen LogP contribution is 2.19. The van der Waals surface area contributed by atoms with Gasteiger partial charge >= 0.3 is 6.03 Å². The first kappa shape index (κ1) is 15.8. The summed E-state index contributed by atoms with van der Waals surface area (Å²) in [7, 11) is 3.85. The first-order valence-electron chi connectivity index (χ1n) is 7.52. The second-order valence-corrected chi connectivity index (χ2v) is 5.87. The number of hydrogen-bond acceptors (Lipinski definition) is 2. The molecule has 1 aliphatic carbocycles. The van der Waals surface area contributed by atoms with Crippen molar-refractivity contribution in [2.75, 3.05) is 20.6 Å². The molecule has 0 bridgehead atoms. The van der Waals surface area contributed by atoms with Crippen molar-refractivity contribution in [3.63, 3.8) is 0 Å². The lowest BCUT2D eigenvalue weighted by Gasteiger charge is -2.25. The second kappa shape index (κ2) is 7.41. The van der Waals surface area contributed by atoms with Crippen molar-refractivity contribution >= 4 is 6.03 Å². The molecule has 0 spiro atoms. The number of urea groups is 1. The van der Waals surface area contributed by atoms with Gasteiger partial charge in [-0.3, -0.25) is 0 Å². The van der Waals surface area contributed by atoms with Gasteiger partial charge in [0.15, 0.2) is 0 Å². The van der Waals surface area contributed by atoms with Gasteiger partial charge in [0.2, 0.25) is 0 Å². The Balaban J connectivity index is 1.89. The largest absolute Gasteiger partial charge is 0.336 e. The number of rotatable bonds is 5. The van der Waals surface area contributed by atoms with E-state index in [0.29, 0.717) is 12.6 Å². The monoisotopic (exact) mass is 293 g/mol. The highest BCUT2D eigenvalue weighted by atomic mass is 19.1. The molecule has 0 saturated heterocycles. The molecule has 0 radical (unpaired) electrons. The fourth-order valence-corrected chi connectivity index (χ4v) is 2.81. The standard InChI is InChI=1S/C16H24FN3O/c1-20(2)15(12-6-5-7-13(17)10-12)11-18-16(21)19-14-8-3-4-9-14/h5-7,10,14-15H,3-4,8-9,11H2,1-2H3,(H2,18,19,21). The van der Waals surface area contributed by atoms with Gasteiger partial charge in [-0.2, -0.15) is 0 Å². The lowest BCUT2D eigenvalue weighted by Crippen LogP contribution is -2.43. The van der Waals surface area contributed by atoms with Crippen molar-refractivity contribution < 1.29 is 9.18 Å². The van der Waals surface area contributed by atoms with Crippen LogP contribution in [0, 0.1) is 5.82 Å². The van der Waals surface area contributed by atoms with Crippen LogP contribution in [0.15, 0.2) is 24.3 Å². The van der Waals surface area contributed by atoms with Crippen LogP contribution in [0.1, 0.15) is 37.3 Å². The number of amides is 2. The number of likely N-dealkylation sites (N-methyl/N-ethyl adjacent to an activating group) is 1. The Labute approximate surface area is 125 Å². The highest BCUT2D eigenvalue weighted by Gasteiger charge is 2.19. The first-order valence-corrected chi connectivity index (χ1v) is 7.52. The van der Waals surface area contributed by atoms with Gasteiger partial charge in [0.05, 0.1) is 6.04 Å². The van der Waals surface area contributed by atoms with Crippen LogP contribution >= 0.6 is 0 Å². The molecule has 1 saturated carbocycles. The van der Waals surface area contributed by atoms with E-state index in [-0.39, 0.29) is 17.9 Å². The summed E-state index contributed by atoms with van der Waals surface area (Å²) < 4.78 is 13.3. The van der Waals surface area contributed by atoms with Crippen molar-refractivity contribution in [3.8, 4) is 0 Å². The summed E-state index contributed by atoms with van der Waals surface area (Å²) >= 11 is 0. The van der Waals surface area contributed by atoms with Crippen LogP contribution in [0.4, 0.5) is 9.18 Å². The summed E-state index contributed by atoms with van der Waals surface area (Å²) in [6, 6.07) is 6.64. The summed E-state index contributed by atoms with van der Waals surface area (Å²) in [6.07, 6.45) is 4.51. The lowest BCUT2D eigenvalue weighted by atomic mass is 10.1. The van der Waals surface area contributed by atoms with Gasteiger partial charge in [-0.05, 0) is 44.6 Å². The number of nitrogens with zero attached hydrogens (tertiary/aromatic N) is 1. The molecule has 116 valence electrons. The SMILES string of the molecule is CN(C)C(CNC(=O)NC1CCCC1)c1cccc(F)c1. The zero-order valence-corrected chi connectivity index (χ0v) is 12.7. The maximum atomic E-state index is 13.3. The molecule has 21 heavy (non-hydrogen) atoms. The van der Waals surface area contributed by atoms with Gasteiger partial charge in [0.25, 0.3) is 0 Å². The molecule has 0 heterocycles. The third kappa shape index (κ3) is 4.70. The van der Waals surface area contributed by atoms with Crippen LogP contribution in [0.2, 0.25) is 0 Å². The van der Waals surface area contributed by atoms with Crippen molar-refractivity contribution in [1.29, 1.82) is 0 Å². The van der Waals surface area contributed by atoms with Crippen LogP contribution in [0.3, 0.4) is 0 Å². The number of carbonyl (C=O) groups is 1. The van der Waals surface area contributed by atoms with Crippen molar-refractivity contribution in [2.24, 2.45) is 0 Å². The molecule has 5 heteroatoms. The van der Waals surface area contributed by atoms with Gasteiger partial charge in [0, 0.05) is 12.6 Å². The van der Waals surface area contributed by atoms with Crippen LogP contribution in [-0.4, -0.2) is 37.6 Å². The van der Waals surface area contributed by atoms with Gasteiger partial charge in [-0.25, -0.2) is 9.18 Å². The summed E-state index contributed by atoms with van der Waals surface area (Å²) in [6.45, 7) is 0.453. The molecule has 4 nitrogen and oxygen atoms in total. The molecular weight excluding hydrogens is 269 g/mol. The van der Waals surface area contributed by atoms with Gasteiger partial charge in [-0.15, -0.1) is 0 Å². The normalized spacial score (nSPS) is 17.0. The Kier molecular flexibility index (Phi) is 5.56. The summed E-state index contributed by atoms with van der Waals surface area (Å²) in [5.41, 5.74) is 0.862. The van der Waals surface area contributed by atoms with E-state index in [4.69, 9.17) is 0 Å². The smallest absolute Gasteiger partial charge is 0.315 e. The number of carbonyl (C=O) groups excluding carboxylic acids is 1. The molecule has 1 atom stereocenters. The lowest BCUT2D eigenvalue weighted by molar-refractivity contribution is 0.229. The highest BCUT2D eigenvalue weighted by molar-refractivity contribution is 5.74. The van der Waals surface area contributed by atoms with E-state index in [1.807, 2.05) is 25.1 Å². The molecule has 2 amide bonds. The Morgan fingerprint density at radius 2 is 2.10 bits per heavy atom. The first-order chi connectivity index (χ1) is 10.1. The Morgan fingerprint density at radius 3 is 2.71 bits per heavy atom. The van der Waals surface area contributed by atoms with E-state index >= 15 is 0 Å². The quantitative estimate of drug-likeness (QED) is 0.876. The topological polar surface area (TPSA) is 44.4 Å². The molecule has 1 aromatic carbocycles. The average Bonchev–Trinajstić information content (AvgIpc) is 2.91. The zero-order chi connectivity index (χ0) is 15.2. The molecule has 0 aromatic heterocycles. The number of benzene rings is 1. The van der Waals surface area contributed by atoms with Crippen molar-refractivity contribution in [2.45, 2.75) is 37.8 Å². The molecule has 1 unspecified atom stereocenters. The Hall–Kier alpha value is -1.62. The van der Waals surface area contributed by atoms with E-state index in [1.165, 1.54) is 25.0 Å². The predicted molar refractivity (Wildman–Crippen MR) is 81.6 cm³/mol. The van der Waals surface area contributed by atoms with Crippen LogP contribution in [0.25, 0.3) is 0 Å². The maximum Gasteiger partial charge on any atom is 0.315 e. The maximum absolute atomic E-state index is 13.3. The molecule has 2 rings (SSSR count). The minimum absolute atomic E-state index is 0.0463. The molecule has 1 fully saturated rings. The summed E-state index contributed by atoms with van der Waals surface area (Å²) in [5, 5.41) is 5.89. The number of halogens is 1. The second-order valence-electron chi connectivity index (χ2n) is 5.87. The van der Waals surface area contributed by atoms with E-state index in [2.05, 4.69) is 10.6 Å². The molecule has 2 N–H and O–H groups in total. The van der Waals surface area contributed by atoms with E-state index in [1.54, 1.807) is 6.07 Å². The van der Waals surface area contributed by atoms with Crippen LogP contribution < -0.4 is 10.6 Å². The number of nitrogens with one attached hydrogen (secondary N) is 2. The zero-order valence-electron chi connectivity index (χ0n) is 12.7. The van der Waals surface area contributed by atoms with E-state index < -0.39 is 0 Å². The van der Waals surface area contributed by atoms with E-state index in [9.17, 15) is 9.18 Å². The third-order valence-electron chi connectivity index (χ3n) is 4.00. The van der Waals surface area contributed by atoms with Crippen LogP contribution in [-0.2, 0) is 0 Å². The van der Waals surface area contributed by atoms with Crippen molar-refractivity contribution in [1.82, 2.24) is 15.5 Å². The Bertz CT molecular complexity index is 472. The van der Waals surface area contributed by atoms with Gasteiger partial charge in [-0.1, -0.05) is 25.0 Å². The third-order valence-corrected chi connectivity index (χ3v) is 4.00. The fraction of sp³-hybridized carbons (Fsp3) is 0.562. The fourth-order valence-electron chi connectivity index (χ4n) is 2.81. The summed E-state index contributed by atoms with van der Waals surface area (Å²) in [5.74, 6) is -0.255. The predicted octanol–water partition coefficient (Wildman–Crippen LogP) is 2.67. The number of hydrogen-bond donors (Lipinski definition) is 2. The molecular formula is C16H24FN3O. The molecule has 1 aromatic rings. The Morgan fingerprint density at radius 1 is 1.38 bits per heavy atom. The minimum Gasteiger partial charge on any atom is -0.336 e. The van der Waals surface area contributed by atoms with E-state index in [0.717, 1.165) is 18.4 Å². The van der Waals surface area contributed by atoms with Crippen molar-refractivity contribution in [3.05, 3.63) is 35.6 Å². The van der Waals surface area contributed by atoms with Gasteiger partial charge in [0.1, 0.15) is 5.82 Å². The molecule has 1 aliphatic rings. The van der Waals surface area contributed by atoms with Gasteiger partial charge < -0.3 is 15.5 Å².